The molecule has 1 aromatic carbocycles. The van der Waals surface area contributed by atoms with Crippen LogP contribution in [0.2, 0.25) is 0 Å². The molecule has 0 saturated carbocycles. The molecule has 1 aromatic heterocycles. The first-order chi connectivity index (χ1) is 9.29. The van der Waals surface area contributed by atoms with E-state index in [1.54, 1.807) is 11.3 Å². The lowest BCUT2D eigenvalue weighted by molar-refractivity contribution is 0.569. The number of hydrogen-bond donors (Lipinski definition) is 1. The van der Waals surface area contributed by atoms with Crippen LogP contribution in [-0.2, 0) is 5.41 Å². The summed E-state index contributed by atoms with van der Waals surface area (Å²) < 4.78 is 0. The molecule has 0 radical (unpaired) electrons. The molecule has 1 heterocycles. The van der Waals surface area contributed by atoms with Crippen molar-refractivity contribution in [1.29, 1.82) is 0 Å². The lowest BCUT2D eigenvalue weighted by atomic mass is 9.93. The maximum absolute atomic E-state index is 6.35. The fourth-order valence-electron chi connectivity index (χ4n) is 2.01. The number of hydrogen-bond acceptors (Lipinski definition) is 3. The average molecular weight is 288 g/mol. The third kappa shape index (κ3) is 3.28. The lowest BCUT2D eigenvalue weighted by Gasteiger charge is -2.15. The summed E-state index contributed by atoms with van der Waals surface area (Å²) in [5.41, 5.74) is 10.0. The Balaban J connectivity index is 2.22. The standard InChI is InChI=1S/C17H24N2S/c1-11(2)12-6-8-13(9-7-12)15(18)16-19-14(10-20-16)17(3,4)5/h6-11,15H,18H2,1-5H3. The Morgan fingerprint density at radius 1 is 1.05 bits per heavy atom. The van der Waals surface area contributed by atoms with Gasteiger partial charge in [0.25, 0.3) is 0 Å². The molecule has 0 saturated heterocycles. The number of thiazole rings is 1. The van der Waals surface area contributed by atoms with Gasteiger partial charge in [-0.05, 0) is 17.0 Å². The van der Waals surface area contributed by atoms with Crippen LogP contribution in [0.1, 0.15) is 68.4 Å². The molecule has 108 valence electrons. The van der Waals surface area contributed by atoms with Gasteiger partial charge in [-0.1, -0.05) is 58.9 Å². The van der Waals surface area contributed by atoms with Crippen molar-refractivity contribution in [3.8, 4) is 0 Å². The Hall–Kier alpha value is -1.19. The lowest BCUT2D eigenvalue weighted by Crippen LogP contribution is -2.15. The highest BCUT2D eigenvalue weighted by Crippen LogP contribution is 2.29. The fourth-order valence-corrected chi connectivity index (χ4v) is 3.08. The van der Waals surface area contributed by atoms with Crippen molar-refractivity contribution in [1.82, 2.24) is 4.98 Å². The van der Waals surface area contributed by atoms with Gasteiger partial charge < -0.3 is 5.73 Å². The van der Waals surface area contributed by atoms with Crippen molar-refractivity contribution in [3.63, 3.8) is 0 Å². The van der Waals surface area contributed by atoms with Crippen LogP contribution in [-0.4, -0.2) is 4.98 Å². The van der Waals surface area contributed by atoms with Gasteiger partial charge in [-0.3, -0.25) is 0 Å². The van der Waals surface area contributed by atoms with E-state index in [4.69, 9.17) is 10.7 Å². The van der Waals surface area contributed by atoms with E-state index in [1.165, 1.54) is 5.56 Å². The van der Waals surface area contributed by atoms with Gasteiger partial charge in [0.1, 0.15) is 5.01 Å². The van der Waals surface area contributed by atoms with E-state index >= 15 is 0 Å². The first-order valence-corrected chi connectivity index (χ1v) is 7.98. The highest BCUT2D eigenvalue weighted by Gasteiger charge is 2.20. The fraction of sp³-hybridized carbons (Fsp3) is 0.471. The predicted molar refractivity (Wildman–Crippen MR) is 87.4 cm³/mol. The number of nitrogens with two attached hydrogens (primary N) is 1. The molecule has 20 heavy (non-hydrogen) atoms. The molecule has 0 amide bonds. The second kappa shape index (κ2) is 5.66. The SMILES string of the molecule is CC(C)c1ccc(C(N)c2nc(C(C)(C)C)cs2)cc1. The third-order valence-electron chi connectivity index (χ3n) is 3.52. The molecule has 3 heteroatoms. The summed E-state index contributed by atoms with van der Waals surface area (Å²) in [4.78, 5) is 4.71. The van der Waals surface area contributed by atoms with Gasteiger partial charge in [0.2, 0.25) is 0 Å². The Kier molecular flexibility index (Phi) is 4.31. The van der Waals surface area contributed by atoms with Crippen molar-refractivity contribution in [2.24, 2.45) is 5.73 Å². The summed E-state index contributed by atoms with van der Waals surface area (Å²) in [6, 6.07) is 8.45. The van der Waals surface area contributed by atoms with Gasteiger partial charge in [-0.15, -0.1) is 11.3 Å². The first-order valence-electron chi connectivity index (χ1n) is 7.10. The monoisotopic (exact) mass is 288 g/mol. The Morgan fingerprint density at radius 2 is 1.60 bits per heavy atom. The Morgan fingerprint density at radius 3 is 2.05 bits per heavy atom. The van der Waals surface area contributed by atoms with Crippen molar-refractivity contribution < 1.29 is 0 Å². The summed E-state index contributed by atoms with van der Waals surface area (Å²) in [6.07, 6.45) is 0. The van der Waals surface area contributed by atoms with E-state index in [9.17, 15) is 0 Å². The van der Waals surface area contributed by atoms with Crippen molar-refractivity contribution >= 4 is 11.3 Å². The second-order valence-electron chi connectivity index (χ2n) is 6.62. The number of nitrogens with zero attached hydrogens (tertiary/aromatic N) is 1. The van der Waals surface area contributed by atoms with Crippen LogP contribution in [0, 0.1) is 0 Å². The number of aromatic nitrogens is 1. The molecular formula is C17H24N2S. The van der Waals surface area contributed by atoms with Crippen LogP contribution in [0.4, 0.5) is 0 Å². The quantitative estimate of drug-likeness (QED) is 0.895. The molecular weight excluding hydrogens is 264 g/mol. The molecule has 1 unspecified atom stereocenters. The van der Waals surface area contributed by atoms with E-state index in [0.717, 1.165) is 16.3 Å². The van der Waals surface area contributed by atoms with Crippen LogP contribution in [0.3, 0.4) is 0 Å². The zero-order chi connectivity index (χ0) is 14.9. The Labute approximate surface area is 126 Å². The molecule has 0 aliphatic heterocycles. The molecule has 0 aliphatic rings. The van der Waals surface area contributed by atoms with E-state index in [0.29, 0.717) is 5.92 Å². The molecule has 0 fully saturated rings. The van der Waals surface area contributed by atoms with E-state index in [2.05, 4.69) is 64.3 Å². The van der Waals surface area contributed by atoms with Crippen molar-refractivity contribution in [2.75, 3.05) is 0 Å². The number of benzene rings is 1. The summed E-state index contributed by atoms with van der Waals surface area (Å²) in [5.74, 6) is 0.549. The zero-order valence-electron chi connectivity index (χ0n) is 13.0. The number of rotatable bonds is 3. The third-order valence-corrected chi connectivity index (χ3v) is 4.45. The van der Waals surface area contributed by atoms with Crippen LogP contribution in [0.5, 0.6) is 0 Å². The normalized spacial score (nSPS) is 13.8. The molecule has 2 rings (SSSR count). The maximum Gasteiger partial charge on any atom is 0.114 e. The van der Waals surface area contributed by atoms with Gasteiger partial charge >= 0.3 is 0 Å². The van der Waals surface area contributed by atoms with Crippen LogP contribution in [0.15, 0.2) is 29.6 Å². The zero-order valence-corrected chi connectivity index (χ0v) is 13.8. The minimum absolute atomic E-state index is 0.0793. The van der Waals surface area contributed by atoms with Crippen molar-refractivity contribution in [2.45, 2.75) is 52.0 Å². The largest absolute Gasteiger partial charge is 0.318 e. The highest BCUT2D eigenvalue weighted by atomic mass is 32.1. The van der Waals surface area contributed by atoms with Gasteiger partial charge in [0.15, 0.2) is 0 Å². The second-order valence-corrected chi connectivity index (χ2v) is 7.51. The maximum atomic E-state index is 6.35. The molecule has 2 N–H and O–H groups in total. The minimum atomic E-state index is -0.127. The predicted octanol–water partition coefficient (Wildman–Crippen LogP) is 4.61. The van der Waals surface area contributed by atoms with E-state index in [1.807, 2.05) is 0 Å². The van der Waals surface area contributed by atoms with Crippen molar-refractivity contribution in [3.05, 3.63) is 51.5 Å². The van der Waals surface area contributed by atoms with Gasteiger partial charge in [0.05, 0.1) is 11.7 Å². The molecule has 1 atom stereocenters. The molecule has 2 aromatic rings. The topological polar surface area (TPSA) is 38.9 Å². The summed E-state index contributed by atoms with van der Waals surface area (Å²) >= 11 is 1.65. The molecule has 0 spiro atoms. The van der Waals surface area contributed by atoms with Gasteiger partial charge in [-0.25, -0.2) is 4.98 Å². The van der Waals surface area contributed by atoms with Crippen LogP contribution < -0.4 is 5.73 Å². The minimum Gasteiger partial charge on any atom is -0.318 e. The van der Waals surface area contributed by atoms with Crippen LogP contribution in [0.25, 0.3) is 0 Å². The highest BCUT2D eigenvalue weighted by molar-refractivity contribution is 7.09. The molecule has 2 nitrogen and oxygen atoms in total. The Bertz CT molecular complexity index is 561. The van der Waals surface area contributed by atoms with Gasteiger partial charge in [-0.2, -0.15) is 0 Å². The summed E-state index contributed by atoms with van der Waals surface area (Å²) in [5, 5.41) is 3.12. The summed E-state index contributed by atoms with van der Waals surface area (Å²) in [7, 11) is 0. The van der Waals surface area contributed by atoms with E-state index < -0.39 is 0 Å². The first kappa shape index (κ1) is 15.2. The average Bonchev–Trinajstić information content (AvgIpc) is 2.87. The van der Waals surface area contributed by atoms with E-state index in [-0.39, 0.29) is 11.5 Å². The summed E-state index contributed by atoms with van der Waals surface area (Å²) in [6.45, 7) is 10.9. The van der Waals surface area contributed by atoms with Crippen LogP contribution >= 0.6 is 11.3 Å². The smallest absolute Gasteiger partial charge is 0.114 e. The molecule has 0 aliphatic carbocycles. The molecule has 0 bridgehead atoms. The van der Waals surface area contributed by atoms with Gasteiger partial charge in [0, 0.05) is 10.8 Å².